The molecule has 0 aromatic heterocycles. The SMILES string of the molecule is CN(C)C(=O)c1ccc(NC(=O)CN2C(=O)[C@H]3CC=CC[C@@H]3C2=O)cc1. The number of allylic oxidation sites excluding steroid dienone is 2. The maximum Gasteiger partial charge on any atom is 0.253 e. The Morgan fingerprint density at radius 1 is 1.04 bits per heavy atom. The highest BCUT2D eigenvalue weighted by Gasteiger charge is 2.47. The van der Waals surface area contributed by atoms with Gasteiger partial charge in [-0.2, -0.15) is 0 Å². The van der Waals surface area contributed by atoms with Gasteiger partial charge < -0.3 is 10.2 Å². The topological polar surface area (TPSA) is 86.8 Å². The summed E-state index contributed by atoms with van der Waals surface area (Å²) in [6.45, 7) is -0.289. The third kappa shape index (κ3) is 3.37. The zero-order chi connectivity index (χ0) is 18.8. The van der Waals surface area contributed by atoms with E-state index in [1.807, 2.05) is 12.2 Å². The standard InChI is InChI=1S/C19H21N3O4/c1-21(2)17(24)12-7-9-13(10-8-12)20-16(23)11-22-18(25)14-5-3-4-6-15(14)19(22)26/h3-4,7-10,14-15H,5-6,11H2,1-2H3,(H,20,23)/t14-,15-/m0/s1. The van der Waals surface area contributed by atoms with Gasteiger partial charge in [-0.15, -0.1) is 0 Å². The van der Waals surface area contributed by atoms with Gasteiger partial charge in [0.15, 0.2) is 0 Å². The molecule has 7 heteroatoms. The van der Waals surface area contributed by atoms with Crippen LogP contribution in [0.2, 0.25) is 0 Å². The van der Waals surface area contributed by atoms with Crippen LogP contribution in [-0.2, 0) is 14.4 Å². The van der Waals surface area contributed by atoms with E-state index in [-0.39, 0.29) is 36.1 Å². The summed E-state index contributed by atoms with van der Waals surface area (Å²) in [4.78, 5) is 51.4. The van der Waals surface area contributed by atoms with E-state index >= 15 is 0 Å². The van der Waals surface area contributed by atoms with Crippen molar-refractivity contribution in [2.24, 2.45) is 11.8 Å². The van der Waals surface area contributed by atoms with Crippen LogP contribution in [0.3, 0.4) is 0 Å². The van der Waals surface area contributed by atoms with E-state index < -0.39 is 5.91 Å². The first-order valence-corrected chi connectivity index (χ1v) is 8.50. The van der Waals surface area contributed by atoms with Crippen molar-refractivity contribution in [3.05, 3.63) is 42.0 Å². The molecule has 3 rings (SSSR count). The molecule has 0 spiro atoms. The summed E-state index contributed by atoms with van der Waals surface area (Å²) in [7, 11) is 3.32. The van der Waals surface area contributed by atoms with Gasteiger partial charge in [-0.25, -0.2) is 0 Å². The molecule has 26 heavy (non-hydrogen) atoms. The van der Waals surface area contributed by atoms with Crippen molar-refractivity contribution in [3.8, 4) is 0 Å². The van der Waals surface area contributed by atoms with E-state index in [4.69, 9.17) is 0 Å². The normalized spacial score (nSPS) is 21.5. The highest BCUT2D eigenvalue weighted by Crippen LogP contribution is 2.34. The predicted octanol–water partition coefficient (Wildman–Crippen LogP) is 1.28. The number of fused-ring (bicyclic) bond motifs is 1. The van der Waals surface area contributed by atoms with Gasteiger partial charge in [-0.05, 0) is 37.1 Å². The number of rotatable bonds is 4. The van der Waals surface area contributed by atoms with Crippen molar-refractivity contribution in [1.82, 2.24) is 9.80 Å². The van der Waals surface area contributed by atoms with Crippen molar-refractivity contribution in [2.45, 2.75) is 12.8 Å². The van der Waals surface area contributed by atoms with Gasteiger partial charge in [0, 0.05) is 25.3 Å². The average molecular weight is 355 g/mol. The lowest BCUT2D eigenvalue weighted by atomic mass is 9.85. The molecule has 0 radical (unpaired) electrons. The summed E-state index contributed by atoms with van der Waals surface area (Å²) in [6.07, 6.45) is 4.92. The quantitative estimate of drug-likeness (QED) is 0.651. The Bertz CT molecular complexity index is 756. The van der Waals surface area contributed by atoms with Crippen LogP contribution in [0.1, 0.15) is 23.2 Å². The van der Waals surface area contributed by atoms with Crippen LogP contribution in [-0.4, -0.2) is 54.1 Å². The number of carbonyl (C=O) groups excluding carboxylic acids is 4. The Balaban J connectivity index is 1.62. The molecule has 1 N–H and O–H groups in total. The zero-order valence-electron chi connectivity index (χ0n) is 14.8. The lowest BCUT2D eigenvalue weighted by molar-refractivity contribution is -0.142. The van der Waals surface area contributed by atoms with E-state index in [0.29, 0.717) is 24.1 Å². The number of likely N-dealkylation sites (tertiary alicyclic amines) is 1. The van der Waals surface area contributed by atoms with Crippen molar-refractivity contribution >= 4 is 29.3 Å². The Kier molecular flexibility index (Phi) is 4.88. The second kappa shape index (κ2) is 7.11. The van der Waals surface area contributed by atoms with Gasteiger partial charge in [0.05, 0.1) is 11.8 Å². The molecule has 136 valence electrons. The third-order valence-electron chi connectivity index (χ3n) is 4.72. The molecule has 7 nitrogen and oxygen atoms in total. The molecule has 2 aliphatic rings. The molecule has 2 atom stereocenters. The van der Waals surface area contributed by atoms with Crippen LogP contribution in [0.15, 0.2) is 36.4 Å². The zero-order valence-corrected chi connectivity index (χ0v) is 14.8. The Hall–Kier alpha value is -2.96. The summed E-state index contributed by atoms with van der Waals surface area (Å²) in [5.74, 6) is -1.79. The fraction of sp³-hybridized carbons (Fsp3) is 0.368. The smallest absolute Gasteiger partial charge is 0.253 e. The Labute approximate surface area is 151 Å². The molecule has 1 fully saturated rings. The molecule has 1 aromatic rings. The minimum absolute atomic E-state index is 0.132. The molecular formula is C19H21N3O4. The van der Waals surface area contributed by atoms with E-state index in [1.54, 1.807) is 38.4 Å². The first-order valence-electron chi connectivity index (χ1n) is 8.50. The average Bonchev–Trinajstić information content (AvgIpc) is 2.87. The number of carbonyl (C=O) groups is 4. The summed E-state index contributed by atoms with van der Waals surface area (Å²) < 4.78 is 0. The maximum absolute atomic E-state index is 12.4. The number of imide groups is 1. The number of nitrogens with zero attached hydrogens (tertiary/aromatic N) is 2. The molecule has 0 bridgehead atoms. The van der Waals surface area contributed by atoms with Crippen molar-refractivity contribution in [1.29, 1.82) is 0 Å². The first kappa shape index (κ1) is 17.8. The highest BCUT2D eigenvalue weighted by molar-refractivity contribution is 6.09. The predicted molar refractivity (Wildman–Crippen MR) is 95.2 cm³/mol. The van der Waals surface area contributed by atoms with Crippen LogP contribution in [0.25, 0.3) is 0 Å². The minimum Gasteiger partial charge on any atom is -0.345 e. The maximum atomic E-state index is 12.4. The molecule has 1 aromatic carbocycles. The van der Waals surface area contributed by atoms with Gasteiger partial charge in [0.2, 0.25) is 17.7 Å². The summed E-state index contributed by atoms with van der Waals surface area (Å²) in [5.41, 5.74) is 1.01. The molecule has 4 amide bonds. The number of anilines is 1. The van der Waals surface area contributed by atoms with E-state index in [0.717, 1.165) is 4.90 Å². The molecule has 1 aliphatic heterocycles. The fourth-order valence-electron chi connectivity index (χ4n) is 3.32. The minimum atomic E-state index is -0.440. The fourth-order valence-corrected chi connectivity index (χ4v) is 3.32. The van der Waals surface area contributed by atoms with Gasteiger partial charge in [-0.3, -0.25) is 24.1 Å². The molecular weight excluding hydrogens is 334 g/mol. The van der Waals surface area contributed by atoms with Gasteiger partial charge in [-0.1, -0.05) is 12.2 Å². The Morgan fingerprint density at radius 3 is 2.08 bits per heavy atom. The van der Waals surface area contributed by atoms with E-state index in [2.05, 4.69) is 5.32 Å². The van der Waals surface area contributed by atoms with E-state index in [1.165, 1.54) is 4.90 Å². The van der Waals surface area contributed by atoms with E-state index in [9.17, 15) is 19.2 Å². The van der Waals surface area contributed by atoms with Gasteiger partial charge in [0.1, 0.15) is 6.54 Å². The largest absolute Gasteiger partial charge is 0.345 e. The summed E-state index contributed by atoms with van der Waals surface area (Å²) >= 11 is 0. The molecule has 1 aliphatic carbocycles. The number of hydrogen-bond acceptors (Lipinski definition) is 4. The number of nitrogens with one attached hydrogen (secondary N) is 1. The van der Waals surface area contributed by atoms with Crippen LogP contribution in [0.4, 0.5) is 5.69 Å². The number of benzene rings is 1. The first-order chi connectivity index (χ1) is 12.4. The number of hydrogen-bond donors (Lipinski definition) is 1. The molecule has 0 unspecified atom stereocenters. The monoisotopic (exact) mass is 355 g/mol. The molecule has 1 heterocycles. The molecule has 0 saturated carbocycles. The molecule has 1 saturated heterocycles. The Morgan fingerprint density at radius 2 is 1.58 bits per heavy atom. The van der Waals surface area contributed by atoms with Crippen LogP contribution in [0, 0.1) is 11.8 Å². The number of amides is 4. The second-order valence-corrected chi connectivity index (χ2v) is 6.74. The van der Waals surface area contributed by atoms with Crippen LogP contribution < -0.4 is 5.32 Å². The highest BCUT2D eigenvalue weighted by atomic mass is 16.2. The van der Waals surface area contributed by atoms with Crippen LogP contribution >= 0.6 is 0 Å². The van der Waals surface area contributed by atoms with Crippen molar-refractivity contribution in [2.75, 3.05) is 26.0 Å². The third-order valence-corrected chi connectivity index (χ3v) is 4.72. The van der Waals surface area contributed by atoms with Crippen LogP contribution in [0.5, 0.6) is 0 Å². The van der Waals surface area contributed by atoms with Crippen molar-refractivity contribution in [3.63, 3.8) is 0 Å². The second-order valence-electron chi connectivity index (χ2n) is 6.74. The summed E-state index contributed by atoms with van der Waals surface area (Å²) in [6, 6.07) is 6.46. The van der Waals surface area contributed by atoms with Crippen molar-refractivity contribution < 1.29 is 19.2 Å². The van der Waals surface area contributed by atoms with Gasteiger partial charge in [0.25, 0.3) is 5.91 Å². The lowest BCUT2D eigenvalue weighted by Crippen LogP contribution is -2.38. The van der Waals surface area contributed by atoms with Gasteiger partial charge >= 0.3 is 0 Å². The lowest BCUT2D eigenvalue weighted by Gasteiger charge is -2.15. The summed E-state index contributed by atoms with van der Waals surface area (Å²) in [5, 5.41) is 2.66.